The van der Waals surface area contributed by atoms with Crippen molar-refractivity contribution in [3.05, 3.63) is 33.9 Å². The number of nitrogens with one attached hydrogen (secondary N) is 1. The molecule has 0 radical (unpaired) electrons. The van der Waals surface area contributed by atoms with E-state index in [0.717, 1.165) is 25.7 Å². The summed E-state index contributed by atoms with van der Waals surface area (Å²) in [6.45, 7) is 0.717. The maximum atomic E-state index is 11.9. The predicted octanol–water partition coefficient (Wildman–Crippen LogP) is 3.68. The lowest BCUT2D eigenvalue weighted by atomic mass is 9.78. The van der Waals surface area contributed by atoms with E-state index < -0.39 is 10.9 Å². The highest BCUT2D eigenvalue weighted by molar-refractivity contribution is 5.95. The van der Waals surface area contributed by atoms with Gasteiger partial charge in [-0.1, -0.05) is 19.3 Å². The standard InChI is InChI=1S/C18H24N2O5/c1-24-17(21)15-11-13(5-6-16(15)20(22)23)19-14-7-10-25-18(12-14)8-3-2-4-9-18/h5-6,11,14,19H,2-4,7-10,12H2,1H3. The molecule has 1 atom stereocenters. The van der Waals surface area contributed by atoms with E-state index in [-0.39, 0.29) is 22.9 Å². The van der Waals surface area contributed by atoms with Gasteiger partial charge in [0.05, 0.1) is 17.6 Å². The van der Waals surface area contributed by atoms with Gasteiger partial charge >= 0.3 is 5.97 Å². The minimum absolute atomic E-state index is 0.0277. The van der Waals surface area contributed by atoms with Crippen LogP contribution in [0.25, 0.3) is 0 Å². The Morgan fingerprint density at radius 1 is 1.36 bits per heavy atom. The SMILES string of the molecule is COC(=O)c1cc(NC2CCOC3(CCCCC3)C2)ccc1[N+](=O)[O-]. The second-order valence-corrected chi connectivity index (χ2v) is 6.91. The number of carbonyl (C=O) groups excluding carboxylic acids is 1. The van der Waals surface area contributed by atoms with Crippen LogP contribution in [0.1, 0.15) is 55.3 Å². The van der Waals surface area contributed by atoms with Crippen LogP contribution >= 0.6 is 0 Å². The Morgan fingerprint density at radius 2 is 2.12 bits per heavy atom. The van der Waals surface area contributed by atoms with Crippen LogP contribution in [0.15, 0.2) is 18.2 Å². The second-order valence-electron chi connectivity index (χ2n) is 6.91. The summed E-state index contributed by atoms with van der Waals surface area (Å²) in [5, 5.41) is 14.5. The van der Waals surface area contributed by atoms with Crippen molar-refractivity contribution in [2.24, 2.45) is 0 Å². The summed E-state index contributed by atoms with van der Waals surface area (Å²) in [6.07, 6.45) is 7.68. The van der Waals surface area contributed by atoms with Gasteiger partial charge in [0.2, 0.25) is 0 Å². The molecule has 1 aromatic rings. The van der Waals surface area contributed by atoms with Gasteiger partial charge in [0, 0.05) is 24.4 Å². The summed E-state index contributed by atoms with van der Waals surface area (Å²) in [6, 6.07) is 4.74. The van der Waals surface area contributed by atoms with Crippen LogP contribution in [0.5, 0.6) is 0 Å². The predicted molar refractivity (Wildman–Crippen MR) is 92.8 cm³/mol. The summed E-state index contributed by atoms with van der Waals surface area (Å²) in [4.78, 5) is 22.4. The first-order valence-electron chi connectivity index (χ1n) is 8.80. The first kappa shape index (κ1) is 17.7. The Labute approximate surface area is 146 Å². The lowest BCUT2D eigenvalue weighted by Gasteiger charge is -2.44. The largest absolute Gasteiger partial charge is 0.465 e. The number of rotatable bonds is 4. The van der Waals surface area contributed by atoms with Gasteiger partial charge in [0.25, 0.3) is 5.69 Å². The van der Waals surface area contributed by atoms with Crippen LogP contribution in [-0.2, 0) is 9.47 Å². The Balaban J connectivity index is 1.76. The fraction of sp³-hybridized carbons (Fsp3) is 0.611. The molecule has 1 aromatic carbocycles. The monoisotopic (exact) mass is 348 g/mol. The third kappa shape index (κ3) is 3.92. The number of anilines is 1. The molecule has 0 bridgehead atoms. The molecule has 1 aliphatic carbocycles. The molecule has 1 N–H and O–H groups in total. The zero-order valence-electron chi connectivity index (χ0n) is 14.5. The Bertz CT molecular complexity index is 649. The number of methoxy groups -OCH3 is 1. The maximum absolute atomic E-state index is 11.9. The highest BCUT2D eigenvalue weighted by Crippen LogP contribution is 2.39. The average Bonchev–Trinajstić information content (AvgIpc) is 2.61. The Morgan fingerprint density at radius 3 is 2.80 bits per heavy atom. The number of ether oxygens (including phenoxy) is 2. The molecule has 0 amide bonds. The second kappa shape index (κ2) is 7.39. The van der Waals surface area contributed by atoms with Crippen LogP contribution in [-0.4, -0.2) is 36.3 Å². The van der Waals surface area contributed by atoms with Gasteiger partial charge < -0.3 is 14.8 Å². The topological polar surface area (TPSA) is 90.7 Å². The zero-order valence-corrected chi connectivity index (χ0v) is 14.5. The number of esters is 1. The van der Waals surface area contributed by atoms with E-state index in [0.29, 0.717) is 12.3 Å². The summed E-state index contributed by atoms with van der Waals surface area (Å²) < 4.78 is 10.8. The Hall–Kier alpha value is -2.15. The van der Waals surface area contributed by atoms with E-state index in [4.69, 9.17) is 4.74 Å². The highest BCUT2D eigenvalue weighted by Gasteiger charge is 2.38. The third-order valence-electron chi connectivity index (χ3n) is 5.23. The van der Waals surface area contributed by atoms with Gasteiger partial charge in [-0.25, -0.2) is 4.79 Å². The average molecular weight is 348 g/mol. The molecular formula is C18H24N2O5. The van der Waals surface area contributed by atoms with E-state index in [9.17, 15) is 14.9 Å². The molecule has 136 valence electrons. The third-order valence-corrected chi connectivity index (χ3v) is 5.23. The molecule has 7 heteroatoms. The molecule has 25 heavy (non-hydrogen) atoms. The van der Waals surface area contributed by atoms with Crippen molar-refractivity contribution in [3.8, 4) is 0 Å². The van der Waals surface area contributed by atoms with E-state index in [1.54, 1.807) is 6.07 Å². The fourth-order valence-electron chi connectivity index (χ4n) is 3.99. The molecule has 2 fully saturated rings. The number of nitrogens with zero attached hydrogens (tertiary/aromatic N) is 1. The summed E-state index contributed by atoms with van der Waals surface area (Å²) in [7, 11) is 1.22. The van der Waals surface area contributed by atoms with Gasteiger partial charge in [-0.15, -0.1) is 0 Å². The van der Waals surface area contributed by atoms with Gasteiger partial charge in [-0.05, 0) is 37.8 Å². The lowest BCUT2D eigenvalue weighted by Crippen LogP contribution is -2.45. The van der Waals surface area contributed by atoms with E-state index >= 15 is 0 Å². The number of hydrogen-bond acceptors (Lipinski definition) is 6. The molecule has 1 saturated carbocycles. The molecule has 1 saturated heterocycles. The fourth-order valence-corrected chi connectivity index (χ4v) is 3.99. The number of nitro groups is 1. The molecule has 1 heterocycles. The number of hydrogen-bond donors (Lipinski definition) is 1. The van der Waals surface area contributed by atoms with Crippen molar-refractivity contribution < 1.29 is 19.2 Å². The van der Waals surface area contributed by atoms with Crippen LogP contribution < -0.4 is 5.32 Å². The van der Waals surface area contributed by atoms with Gasteiger partial charge in [0.1, 0.15) is 5.56 Å². The van der Waals surface area contributed by atoms with Crippen LogP contribution in [0, 0.1) is 10.1 Å². The van der Waals surface area contributed by atoms with Crippen molar-refractivity contribution >= 4 is 17.3 Å². The van der Waals surface area contributed by atoms with Gasteiger partial charge in [-0.3, -0.25) is 10.1 Å². The molecule has 2 aliphatic rings. The van der Waals surface area contributed by atoms with Crippen molar-refractivity contribution in [2.45, 2.75) is 56.6 Å². The normalized spacial score (nSPS) is 22.4. The van der Waals surface area contributed by atoms with Crippen LogP contribution in [0.3, 0.4) is 0 Å². The van der Waals surface area contributed by atoms with Crippen LogP contribution in [0.4, 0.5) is 11.4 Å². The van der Waals surface area contributed by atoms with Gasteiger partial charge in [-0.2, -0.15) is 0 Å². The maximum Gasteiger partial charge on any atom is 0.344 e. The molecule has 7 nitrogen and oxygen atoms in total. The van der Waals surface area contributed by atoms with Gasteiger partial charge in [0.15, 0.2) is 0 Å². The molecule has 3 rings (SSSR count). The lowest BCUT2D eigenvalue weighted by molar-refractivity contribution is -0.385. The number of benzene rings is 1. The highest BCUT2D eigenvalue weighted by atomic mass is 16.6. The molecular weight excluding hydrogens is 324 g/mol. The van der Waals surface area contributed by atoms with Crippen molar-refractivity contribution in [1.82, 2.24) is 0 Å². The minimum Gasteiger partial charge on any atom is -0.465 e. The minimum atomic E-state index is -0.703. The van der Waals surface area contributed by atoms with Crippen molar-refractivity contribution in [2.75, 3.05) is 19.0 Å². The summed E-state index contributed by atoms with van der Waals surface area (Å²) in [5.41, 5.74) is 0.397. The molecule has 0 aromatic heterocycles. The smallest absolute Gasteiger partial charge is 0.344 e. The number of carbonyl (C=O) groups is 1. The first-order chi connectivity index (χ1) is 12.0. The zero-order chi connectivity index (χ0) is 17.9. The molecule has 1 aliphatic heterocycles. The quantitative estimate of drug-likeness (QED) is 0.507. The van der Waals surface area contributed by atoms with Crippen molar-refractivity contribution in [1.29, 1.82) is 0 Å². The van der Waals surface area contributed by atoms with E-state index in [1.807, 2.05) is 0 Å². The Kier molecular flexibility index (Phi) is 5.22. The molecule has 1 unspecified atom stereocenters. The summed E-state index contributed by atoms with van der Waals surface area (Å²) >= 11 is 0. The molecule has 1 spiro atoms. The van der Waals surface area contributed by atoms with Crippen LogP contribution in [0.2, 0.25) is 0 Å². The first-order valence-corrected chi connectivity index (χ1v) is 8.80. The number of nitro benzene ring substituents is 1. The van der Waals surface area contributed by atoms with E-state index in [2.05, 4.69) is 10.1 Å². The van der Waals surface area contributed by atoms with E-state index in [1.165, 1.54) is 38.5 Å². The van der Waals surface area contributed by atoms with Crippen molar-refractivity contribution in [3.63, 3.8) is 0 Å². The summed E-state index contributed by atoms with van der Waals surface area (Å²) in [5.74, 6) is -0.703.